The summed E-state index contributed by atoms with van der Waals surface area (Å²) in [6, 6.07) is 22.6. The molecule has 2 N–H and O–H groups in total. The number of hydrogen-bond acceptors (Lipinski definition) is 2. The molecule has 0 aliphatic heterocycles. The third kappa shape index (κ3) is 2.51. The van der Waals surface area contributed by atoms with Crippen LogP contribution in [0.25, 0.3) is 10.8 Å². The van der Waals surface area contributed by atoms with E-state index >= 15 is 0 Å². The summed E-state index contributed by atoms with van der Waals surface area (Å²) in [5.74, 6) is 0.864. The van der Waals surface area contributed by atoms with E-state index in [0.717, 1.165) is 11.3 Å². The van der Waals surface area contributed by atoms with Gasteiger partial charge in [0.05, 0.1) is 0 Å². The van der Waals surface area contributed by atoms with Gasteiger partial charge in [-0.3, -0.25) is 0 Å². The van der Waals surface area contributed by atoms with Crippen molar-refractivity contribution < 1.29 is 4.74 Å². The Kier molecular flexibility index (Phi) is 3.66. The van der Waals surface area contributed by atoms with Crippen molar-refractivity contribution in [3.05, 3.63) is 77.9 Å². The van der Waals surface area contributed by atoms with Crippen molar-refractivity contribution in [2.45, 2.75) is 13.2 Å². The fraction of sp³-hybridized carbons (Fsp3) is 0.111. The summed E-state index contributed by atoms with van der Waals surface area (Å²) < 4.78 is 5.94. The molecule has 0 heterocycles. The van der Waals surface area contributed by atoms with Crippen molar-refractivity contribution >= 4 is 10.8 Å². The predicted molar refractivity (Wildman–Crippen MR) is 82.6 cm³/mol. The van der Waals surface area contributed by atoms with Gasteiger partial charge >= 0.3 is 0 Å². The monoisotopic (exact) mass is 263 g/mol. The Labute approximate surface area is 118 Å². The quantitative estimate of drug-likeness (QED) is 0.775. The van der Waals surface area contributed by atoms with Gasteiger partial charge in [0.25, 0.3) is 0 Å². The summed E-state index contributed by atoms with van der Waals surface area (Å²) in [5.41, 5.74) is 7.95. The van der Waals surface area contributed by atoms with E-state index in [0.29, 0.717) is 13.2 Å². The van der Waals surface area contributed by atoms with E-state index in [4.69, 9.17) is 10.5 Å². The second-order valence-corrected chi connectivity index (χ2v) is 4.74. The molecule has 3 rings (SSSR count). The average Bonchev–Trinajstić information content (AvgIpc) is 2.53. The molecule has 0 saturated heterocycles. The molecule has 0 fully saturated rings. The summed E-state index contributed by atoms with van der Waals surface area (Å²) in [6.07, 6.45) is 0. The zero-order chi connectivity index (χ0) is 13.8. The fourth-order valence-corrected chi connectivity index (χ4v) is 2.39. The Morgan fingerprint density at radius 2 is 1.45 bits per heavy atom. The van der Waals surface area contributed by atoms with Crippen LogP contribution in [0.2, 0.25) is 0 Å². The molecule has 0 amide bonds. The Hall–Kier alpha value is -2.32. The highest BCUT2D eigenvalue weighted by molar-refractivity contribution is 5.85. The van der Waals surface area contributed by atoms with Gasteiger partial charge in [0, 0.05) is 12.1 Å². The van der Waals surface area contributed by atoms with E-state index in [-0.39, 0.29) is 0 Å². The molecule has 0 unspecified atom stereocenters. The van der Waals surface area contributed by atoms with Crippen molar-refractivity contribution in [2.24, 2.45) is 5.73 Å². The smallest absolute Gasteiger partial charge is 0.124 e. The van der Waals surface area contributed by atoms with Crippen LogP contribution in [0.15, 0.2) is 66.7 Å². The molecule has 100 valence electrons. The molecule has 0 saturated carbocycles. The van der Waals surface area contributed by atoms with Crippen molar-refractivity contribution in [3.8, 4) is 5.75 Å². The molecular formula is C18H17NO. The maximum absolute atomic E-state index is 5.94. The maximum atomic E-state index is 5.94. The summed E-state index contributed by atoms with van der Waals surface area (Å²) in [7, 11) is 0. The van der Waals surface area contributed by atoms with Gasteiger partial charge in [0.1, 0.15) is 12.4 Å². The average molecular weight is 263 g/mol. The van der Waals surface area contributed by atoms with Crippen LogP contribution < -0.4 is 10.5 Å². The van der Waals surface area contributed by atoms with Gasteiger partial charge in [-0.25, -0.2) is 0 Å². The van der Waals surface area contributed by atoms with Gasteiger partial charge in [-0.05, 0) is 22.4 Å². The Bertz CT molecular complexity index is 716. The van der Waals surface area contributed by atoms with E-state index < -0.39 is 0 Å². The van der Waals surface area contributed by atoms with Crippen LogP contribution in [0.5, 0.6) is 5.75 Å². The van der Waals surface area contributed by atoms with Crippen LogP contribution in [0.3, 0.4) is 0 Å². The van der Waals surface area contributed by atoms with E-state index in [9.17, 15) is 0 Å². The third-order valence-corrected chi connectivity index (χ3v) is 3.46. The molecule has 0 aliphatic rings. The van der Waals surface area contributed by atoms with Crippen molar-refractivity contribution in [1.29, 1.82) is 0 Å². The van der Waals surface area contributed by atoms with Crippen LogP contribution in [0, 0.1) is 0 Å². The minimum Gasteiger partial charge on any atom is -0.489 e. The molecule has 0 radical (unpaired) electrons. The minimum absolute atomic E-state index is 0.492. The molecule has 3 aromatic rings. The summed E-state index contributed by atoms with van der Waals surface area (Å²) in [4.78, 5) is 0. The number of hydrogen-bond donors (Lipinski definition) is 1. The zero-order valence-electron chi connectivity index (χ0n) is 11.3. The molecule has 3 aromatic carbocycles. The summed E-state index contributed by atoms with van der Waals surface area (Å²) in [5, 5.41) is 2.47. The zero-order valence-corrected chi connectivity index (χ0v) is 11.3. The third-order valence-electron chi connectivity index (χ3n) is 3.46. The molecule has 0 bridgehead atoms. The van der Waals surface area contributed by atoms with Gasteiger partial charge in [-0.2, -0.15) is 0 Å². The van der Waals surface area contributed by atoms with Crippen LogP contribution in [-0.4, -0.2) is 0 Å². The van der Waals surface area contributed by atoms with E-state index in [2.05, 4.69) is 42.5 Å². The van der Waals surface area contributed by atoms with Crippen LogP contribution >= 0.6 is 0 Å². The first-order valence-corrected chi connectivity index (χ1v) is 6.76. The normalized spacial score (nSPS) is 10.7. The van der Waals surface area contributed by atoms with Gasteiger partial charge < -0.3 is 10.5 Å². The molecule has 0 aliphatic carbocycles. The highest BCUT2D eigenvalue weighted by Gasteiger charge is 2.04. The van der Waals surface area contributed by atoms with Crippen LogP contribution in [0.4, 0.5) is 0 Å². The second-order valence-electron chi connectivity index (χ2n) is 4.74. The molecular weight excluding hydrogens is 246 g/mol. The highest BCUT2D eigenvalue weighted by Crippen LogP contribution is 2.22. The number of benzene rings is 3. The van der Waals surface area contributed by atoms with Crippen LogP contribution in [-0.2, 0) is 13.2 Å². The number of nitrogens with two attached hydrogens (primary N) is 1. The first-order valence-electron chi connectivity index (χ1n) is 6.76. The van der Waals surface area contributed by atoms with Crippen molar-refractivity contribution in [2.75, 3.05) is 0 Å². The summed E-state index contributed by atoms with van der Waals surface area (Å²) in [6.45, 7) is 1.05. The van der Waals surface area contributed by atoms with E-state index in [1.807, 2.05) is 24.3 Å². The van der Waals surface area contributed by atoms with Crippen LogP contribution in [0.1, 0.15) is 11.1 Å². The molecule has 20 heavy (non-hydrogen) atoms. The Balaban J connectivity index is 1.87. The number of para-hydroxylation sites is 1. The van der Waals surface area contributed by atoms with Gasteiger partial charge in [0.15, 0.2) is 0 Å². The Morgan fingerprint density at radius 3 is 2.35 bits per heavy atom. The lowest BCUT2D eigenvalue weighted by atomic mass is 10.1. The Morgan fingerprint density at radius 1 is 0.750 bits per heavy atom. The molecule has 2 nitrogen and oxygen atoms in total. The summed E-state index contributed by atoms with van der Waals surface area (Å²) >= 11 is 0. The largest absolute Gasteiger partial charge is 0.489 e. The minimum atomic E-state index is 0.492. The SMILES string of the molecule is NCc1ccccc1OCc1cccc2ccccc12. The molecule has 0 atom stereocenters. The highest BCUT2D eigenvalue weighted by atomic mass is 16.5. The van der Waals surface area contributed by atoms with Crippen molar-refractivity contribution in [3.63, 3.8) is 0 Å². The number of fused-ring (bicyclic) bond motifs is 1. The van der Waals surface area contributed by atoms with Gasteiger partial charge in [-0.1, -0.05) is 60.7 Å². The first kappa shape index (κ1) is 12.7. The van der Waals surface area contributed by atoms with Gasteiger partial charge in [-0.15, -0.1) is 0 Å². The number of rotatable bonds is 4. The molecule has 0 aromatic heterocycles. The lowest BCUT2D eigenvalue weighted by Crippen LogP contribution is -2.02. The topological polar surface area (TPSA) is 35.2 Å². The predicted octanol–water partition coefficient (Wildman–Crippen LogP) is 3.88. The number of ether oxygens (including phenoxy) is 1. The fourth-order valence-electron chi connectivity index (χ4n) is 2.39. The van der Waals surface area contributed by atoms with Gasteiger partial charge in [0.2, 0.25) is 0 Å². The lowest BCUT2D eigenvalue weighted by Gasteiger charge is -2.11. The van der Waals surface area contributed by atoms with E-state index in [1.54, 1.807) is 0 Å². The lowest BCUT2D eigenvalue weighted by molar-refractivity contribution is 0.304. The maximum Gasteiger partial charge on any atom is 0.124 e. The first-order chi connectivity index (χ1) is 9.88. The standard InChI is InChI=1S/C18H17NO/c19-12-15-7-2-4-11-18(15)20-13-16-9-5-8-14-6-1-3-10-17(14)16/h1-11H,12-13,19H2. The molecule has 0 spiro atoms. The van der Waals surface area contributed by atoms with E-state index in [1.165, 1.54) is 16.3 Å². The van der Waals surface area contributed by atoms with Crippen molar-refractivity contribution in [1.82, 2.24) is 0 Å². The second kappa shape index (κ2) is 5.76. The molecule has 2 heteroatoms.